The zero-order valence-electron chi connectivity index (χ0n) is 15.5. The zero-order chi connectivity index (χ0) is 18.5. The molecule has 26 heavy (non-hydrogen) atoms. The number of fused-ring (bicyclic) bond motifs is 1. The fourth-order valence-corrected chi connectivity index (χ4v) is 3.48. The highest BCUT2D eigenvalue weighted by molar-refractivity contribution is 6.06. The molecule has 4 heteroatoms. The molecular weight excluding hydrogens is 324 g/mol. The van der Waals surface area contributed by atoms with Crippen molar-refractivity contribution < 1.29 is 9.59 Å². The van der Waals surface area contributed by atoms with Crippen molar-refractivity contribution in [1.82, 2.24) is 5.32 Å². The molecular formula is C22H26N2O2. The lowest BCUT2D eigenvalue weighted by Crippen LogP contribution is -2.37. The van der Waals surface area contributed by atoms with Crippen LogP contribution < -0.4 is 10.2 Å². The molecule has 0 aromatic heterocycles. The van der Waals surface area contributed by atoms with Crippen LogP contribution in [-0.2, 0) is 22.4 Å². The summed E-state index contributed by atoms with van der Waals surface area (Å²) in [4.78, 5) is 26.4. The van der Waals surface area contributed by atoms with Crippen molar-refractivity contribution in [1.29, 1.82) is 0 Å². The van der Waals surface area contributed by atoms with E-state index in [2.05, 4.69) is 36.5 Å². The van der Waals surface area contributed by atoms with Crippen LogP contribution in [0.1, 0.15) is 49.4 Å². The van der Waals surface area contributed by atoms with Gasteiger partial charge < -0.3 is 10.2 Å². The van der Waals surface area contributed by atoms with Gasteiger partial charge in [0.2, 0.25) is 5.91 Å². The predicted molar refractivity (Wildman–Crippen MR) is 104 cm³/mol. The maximum absolute atomic E-state index is 13.0. The standard InChI is InChI=1S/C22H26N2O2/c1-3-4-8-18-11-12-20-19(15-18)21(23-16(2)25)22(26)24(20)14-13-17-9-6-5-7-10-17/h5-7,9-12,15,21H,3-4,8,13-14H2,1-2H3,(H,23,25). The lowest BCUT2D eigenvalue weighted by molar-refractivity contribution is -0.126. The number of anilines is 1. The fraction of sp³-hybridized carbons (Fsp3) is 0.364. The predicted octanol–water partition coefficient (Wildman–Crippen LogP) is 3.80. The van der Waals surface area contributed by atoms with E-state index in [1.165, 1.54) is 18.1 Å². The third-order valence-corrected chi connectivity index (χ3v) is 4.84. The van der Waals surface area contributed by atoms with Gasteiger partial charge in [-0.05, 0) is 36.5 Å². The largest absolute Gasteiger partial charge is 0.341 e. The molecule has 0 spiro atoms. The SMILES string of the molecule is CCCCc1ccc2c(c1)C(NC(C)=O)C(=O)N2CCc1ccccc1. The van der Waals surface area contributed by atoms with Crippen molar-refractivity contribution in [2.75, 3.05) is 11.4 Å². The van der Waals surface area contributed by atoms with Crippen molar-refractivity contribution in [3.05, 3.63) is 65.2 Å². The second-order valence-electron chi connectivity index (χ2n) is 6.86. The molecule has 0 aliphatic carbocycles. The van der Waals surface area contributed by atoms with E-state index in [9.17, 15) is 9.59 Å². The first-order valence-corrected chi connectivity index (χ1v) is 9.35. The Labute approximate surface area is 155 Å². The normalized spacial score (nSPS) is 15.8. The van der Waals surface area contributed by atoms with E-state index in [1.807, 2.05) is 29.2 Å². The third-order valence-electron chi connectivity index (χ3n) is 4.84. The summed E-state index contributed by atoms with van der Waals surface area (Å²) in [5, 5.41) is 2.83. The maximum atomic E-state index is 13.0. The van der Waals surface area contributed by atoms with Crippen LogP contribution in [-0.4, -0.2) is 18.4 Å². The summed E-state index contributed by atoms with van der Waals surface area (Å²) in [6, 6.07) is 15.8. The molecule has 1 heterocycles. The molecule has 1 N–H and O–H groups in total. The minimum atomic E-state index is -0.570. The number of aryl methyl sites for hydroxylation is 1. The lowest BCUT2D eigenvalue weighted by atomic mass is 10.0. The summed E-state index contributed by atoms with van der Waals surface area (Å²) in [7, 11) is 0. The molecule has 3 rings (SSSR count). The smallest absolute Gasteiger partial charge is 0.254 e. The Morgan fingerprint density at radius 3 is 2.54 bits per heavy atom. The molecule has 2 amide bonds. The third kappa shape index (κ3) is 3.96. The highest BCUT2D eigenvalue weighted by Crippen LogP contribution is 2.37. The maximum Gasteiger partial charge on any atom is 0.254 e. The molecule has 1 aliphatic rings. The number of hydrogen-bond acceptors (Lipinski definition) is 2. The molecule has 4 nitrogen and oxygen atoms in total. The molecule has 2 aromatic carbocycles. The van der Waals surface area contributed by atoms with Crippen LogP contribution in [0.5, 0.6) is 0 Å². The van der Waals surface area contributed by atoms with Gasteiger partial charge in [-0.2, -0.15) is 0 Å². The minimum Gasteiger partial charge on any atom is -0.341 e. The average molecular weight is 350 g/mol. The van der Waals surface area contributed by atoms with Gasteiger partial charge in [-0.15, -0.1) is 0 Å². The van der Waals surface area contributed by atoms with Crippen LogP contribution in [0.4, 0.5) is 5.69 Å². The summed E-state index contributed by atoms with van der Waals surface area (Å²) in [5.41, 5.74) is 4.26. The van der Waals surface area contributed by atoms with Crippen LogP contribution in [0.15, 0.2) is 48.5 Å². The van der Waals surface area contributed by atoms with E-state index in [0.717, 1.165) is 36.9 Å². The Hall–Kier alpha value is -2.62. The topological polar surface area (TPSA) is 49.4 Å². The van der Waals surface area contributed by atoms with Crippen molar-refractivity contribution in [2.45, 2.75) is 45.6 Å². The van der Waals surface area contributed by atoms with Gasteiger partial charge in [-0.3, -0.25) is 9.59 Å². The highest BCUT2D eigenvalue weighted by atomic mass is 16.2. The Morgan fingerprint density at radius 2 is 1.85 bits per heavy atom. The number of unbranched alkanes of at least 4 members (excludes halogenated alkanes) is 1. The summed E-state index contributed by atoms with van der Waals surface area (Å²) in [6.45, 7) is 4.24. The van der Waals surface area contributed by atoms with Gasteiger partial charge in [0.1, 0.15) is 6.04 Å². The molecule has 0 radical (unpaired) electrons. The van der Waals surface area contributed by atoms with Crippen LogP contribution >= 0.6 is 0 Å². The summed E-state index contributed by atoms with van der Waals surface area (Å²) >= 11 is 0. The van der Waals surface area contributed by atoms with Crippen LogP contribution in [0.3, 0.4) is 0 Å². The minimum absolute atomic E-state index is 0.0428. The highest BCUT2D eigenvalue weighted by Gasteiger charge is 2.37. The molecule has 2 aromatic rings. The number of rotatable bonds is 7. The van der Waals surface area contributed by atoms with Gasteiger partial charge in [0.05, 0.1) is 0 Å². The number of nitrogens with one attached hydrogen (secondary N) is 1. The van der Waals surface area contributed by atoms with Crippen LogP contribution in [0.25, 0.3) is 0 Å². The van der Waals surface area contributed by atoms with E-state index in [0.29, 0.717) is 6.54 Å². The van der Waals surface area contributed by atoms with Crippen molar-refractivity contribution in [3.8, 4) is 0 Å². The average Bonchev–Trinajstić information content (AvgIpc) is 2.90. The fourth-order valence-electron chi connectivity index (χ4n) is 3.48. The summed E-state index contributed by atoms with van der Waals surface area (Å²) in [6.07, 6.45) is 4.04. The Balaban J connectivity index is 1.85. The second kappa shape index (κ2) is 8.17. The van der Waals surface area contributed by atoms with E-state index in [-0.39, 0.29) is 11.8 Å². The molecule has 1 aliphatic heterocycles. The molecule has 0 saturated carbocycles. The number of hydrogen-bond donors (Lipinski definition) is 1. The molecule has 0 fully saturated rings. The van der Waals surface area contributed by atoms with Crippen molar-refractivity contribution >= 4 is 17.5 Å². The van der Waals surface area contributed by atoms with Gasteiger partial charge >= 0.3 is 0 Å². The molecule has 136 valence electrons. The number of carbonyl (C=O) groups is 2. The summed E-state index contributed by atoms with van der Waals surface area (Å²) in [5.74, 6) is -0.225. The molecule has 0 saturated heterocycles. The Morgan fingerprint density at radius 1 is 1.08 bits per heavy atom. The van der Waals surface area contributed by atoms with Gasteiger partial charge in [-0.1, -0.05) is 55.8 Å². The van der Waals surface area contributed by atoms with E-state index >= 15 is 0 Å². The zero-order valence-corrected chi connectivity index (χ0v) is 15.5. The van der Waals surface area contributed by atoms with Crippen molar-refractivity contribution in [2.24, 2.45) is 0 Å². The Kier molecular flexibility index (Phi) is 5.71. The monoisotopic (exact) mass is 350 g/mol. The Bertz CT molecular complexity index is 786. The van der Waals surface area contributed by atoms with Gasteiger partial charge in [-0.25, -0.2) is 0 Å². The number of benzene rings is 2. The number of carbonyl (C=O) groups excluding carboxylic acids is 2. The molecule has 1 atom stereocenters. The van der Waals surface area contributed by atoms with Gasteiger partial charge in [0, 0.05) is 24.7 Å². The van der Waals surface area contributed by atoms with E-state index < -0.39 is 6.04 Å². The van der Waals surface area contributed by atoms with E-state index in [4.69, 9.17) is 0 Å². The first-order valence-electron chi connectivity index (χ1n) is 9.35. The molecule has 0 bridgehead atoms. The lowest BCUT2D eigenvalue weighted by Gasteiger charge is -2.18. The first-order chi connectivity index (χ1) is 12.6. The first kappa shape index (κ1) is 18.2. The van der Waals surface area contributed by atoms with Crippen molar-refractivity contribution in [3.63, 3.8) is 0 Å². The van der Waals surface area contributed by atoms with E-state index in [1.54, 1.807) is 0 Å². The van der Waals surface area contributed by atoms with Gasteiger partial charge in [0.25, 0.3) is 5.91 Å². The summed E-state index contributed by atoms with van der Waals surface area (Å²) < 4.78 is 0. The molecule has 1 unspecified atom stereocenters. The number of amides is 2. The van der Waals surface area contributed by atoms with Gasteiger partial charge in [0.15, 0.2) is 0 Å². The quantitative estimate of drug-likeness (QED) is 0.826. The number of nitrogens with zero attached hydrogens (tertiary/aromatic N) is 1. The van der Waals surface area contributed by atoms with Crippen LogP contribution in [0, 0.1) is 0 Å². The second-order valence-corrected chi connectivity index (χ2v) is 6.86. The van der Waals surface area contributed by atoms with Crippen LogP contribution in [0.2, 0.25) is 0 Å².